The second-order valence-corrected chi connectivity index (χ2v) is 7.54. The van der Waals surface area contributed by atoms with Crippen molar-refractivity contribution in [3.63, 3.8) is 0 Å². The second-order valence-electron chi connectivity index (χ2n) is 6.55. The molecule has 0 unspecified atom stereocenters. The summed E-state index contributed by atoms with van der Waals surface area (Å²) in [4.78, 5) is 11.4. The van der Waals surface area contributed by atoms with E-state index < -0.39 is 0 Å². The molecule has 0 atom stereocenters. The Morgan fingerprint density at radius 2 is 1.32 bits per heavy atom. The number of carbonyl (C=O) groups is 1. The Kier molecular flexibility index (Phi) is 24.3. The Balaban J connectivity index is 3.04. The van der Waals surface area contributed by atoms with Gasteiger partial charge in [0.25, 0.3) is 0 Å². The number of rotatable bonds is 23. The van der Waals surface area contributed by atoms with Crippen LogP contribution in [0, 0.1) is 0 Å². The number of carbonyl (C=O) groups excluding carboxylic acids is 1. The van der Waals surface area contributed by atoms with Gasteiger partial charge in [0, 0.05) is 31.9 Å². The first-order chi connectivity index (χ1) is 13.8. The van der Waals surface area contributed by atoms with Gasteiger partial charge in [0.1, 0.15) is 0 Å². The lowest BCUT2D eigenvalue weighted by atomic mass is 10.2. The molecule has 28 heavy (non-hydrogen) atoms. The van der Waals surface area contributed by atoms with Gasteiger partial charge in [0.15, 0.2) is 0 Å². The molecule has 7 nitrogen and oxygen atoms in total. The van der Waals surface area contributed by atoms with Crippen LogP contribution < -0.4 is 16.0 Å². The number of thioether (sulfide) groups is 1. The first-order valence-electron chi connectivity index (χ1n) is 10.7. The van der Waals surface area contributed by atoms with E-state index in [4.69, 9.17) is 14.2 Å². The summed E-state index contributed by atoms with van der Waals surface area (Å²) in [6.45, 7) is 7.71. The lowest BCUT2D eigenvalue weighted by Crippen LogP contribution is -2.25. The molecule has 8 heteroatoms. The highest BCUT2D eigenvalue weighted by Gasteiger charge is 1.99. The number of hydrogen-bond acceptors (Lipinski definition) is 7. The van der Waals surface area contributed by atoms with Gasteiger partial charge in [0.2, 0.25) is 5.91 Å². The van der Waals surface area contributed by atoms with Gasteiger partial charge >= 0.3 is 0 Å². The smallest absolute Gasteiger partial charge is 0.220 e. The van der Waals surface area contributed by atoms with Crippen molar-refractivity contribution in [1.29, 1.82) is 0 Å². The maximum absolute atomic E-state index is 11.4. The first-order valence-corrected chi connectivity index (χ1v) is 12.0. The summed E-state index contributed by atoms with van der Waals surface area (Å²) >= 11 is 1.68. The van der Waals surface area contributed by atoms with Crippen LogP contribution in [0.5, 0.6) is 0 Å². The normalized spacial score (nSPS) is 11.1. The Morgan fingerprint density at radius 3 is 1.96 bits per heavy atom. The maximum atomic E-state index is 11.4. The van der Waals surface area contributed by atoms with Crippen molar-refractivity contribution in [1.82, 2.24) is 16.0 Å². The summed E-state index contributed by atoms with van der Waals surface area (Å²) < 4.78 is 16.5. The van der Waals surface area contributed by atoms with E-state index in [1.807, 2.05) is 13.3 Å². The molecule has 0 aliphatic rings. The van der Waals surface area contributed by atoms with E-state index in [1.165, 1.54) is 19.3 Å². The summed E-state index contributed by atoms with van der Waals surface area (Å²) in [6, 6.07) is 0. The summed E-state index contributed by atoms with van der Waals surface area (Å²) in [7, 11) is 2.00. The predicted octanol–water partition coefficient (Wildman–Crippen LogP) is 1.67. The van der Waals surface area contributed by atoms with E-state index in [-0.39, 0.29) is 5.91 Å². The van der Waals surface area contributed by atoms with Gasteiger partial charge in [-0.1, -0.05) is 6.42 Å². The fourth-order valence-corrected chi connectivity index (χ4v) is 2.77. The molecule has 0 aliphatic carbocycles. The Hall–Kier alpha value is -0.380. The zero-order valence-electron chi connectivity index (χ0n) is 18.1. The molecular formula is C20H43N3O4S. The number of amides is 1. The highest BCUT2D eigenvalue weighted by atomic mass is 32.2. The highest BCUT2D eigenvalue weighted by Crippen LogP contribution is 1.95. The first kappa shape index (κ1) is 27.6. The third-order valence-electron chi connectivity index (χ3n) is 3.99. The van der Waals surface area contributed by atoms with Crippen molar-refractivity contribution in [3.8, 4) is 0 Å². The van der Waals surface area contributed by atoms with Crippen LogP contribution in [0.1, 0.15) is 38.5 Å². The minimum absolute atomic E-state index is 0.119. The maximum Gasteiger partial charge on any atom is 0.220 e. The Morgan fingerprint density at radius 1 is 0.750 bits per heavy atom. The molecule has 0 rings (SSSR count). The van der Waals surface area contributed by atoms with E-state index in [9.17, 15) is 4.79 Å². The molecule has 1 amide bonds. The number of unbranched alkanes of at least 4 members (excludes halogenated alkanes) is 2. The van der Waals surface area contributed by atoms with E-state index in [2.05, 4.69) is 16.0 Å². The van der Waals surface area contributed by atoms with Crippen molar-refractivity contribution in [2.45, 2.75) is 38.5 Å². The lowest BCUT2D eigenvalue weighted by Gasteiger charge is -2.08. The summed E-state index contributed by atoms with van der Waals surface area (Å²) in [5.74, 6) is 0.992. The fourth-order valence-electron chi connectivity index (χ4n) is 2.38. The quantitative estimate of drug-likeness (QED) is 0.217. The van der Waals surface area contributed by atoms with Crippen LogP contribution in [-0.2, 0) is 19.0 Å². The summed E-state index contributed by atoms with van der Waals surface area (Å²) in [5.41, 5.74) is 0. The van der Waals surface area contributed by atoms with E-state index in [0.717, 1.165) is 44.8 Å². The van der Waals surface area contributed by atoms with Crippen LogP contribution in [0.4, 0.5) is 0 Å². The molecule has 0 heterocycles. The molecule has 0 radical (unpaired) electrons. The van der Waals surface area contributed by atoms with Crippen LogP contribution in [0.3, 0.4) is 0 Å². The molecule has 0 spiro atoms. The standard InChI is InChI=1S/C20H43N3O4S/c1-21-9-4-3-5-10-22-11-6-13-25-15-17-27-18-16-26-14-7-12-23-20(24)8-19-28-2/h21-22H,3-19H2,1-2H3,(H,23,24). The minimum atomic E-state index is 0.119. The highest BCUT2D eigenvalue weighted by molar-refractivity contribution is 7.98. The van der Waals surface area contributed by atoms with Gasteiger partial charge in [-0.15, -0.1) is 0 Å². The van der Waals surface area contributed by atoms with Crippen molar-refractivity contribution < 1.29 is 19.0 Å². The second kappa shape index (κ2) is 24.7. The largest absolute Gasteiger partial charge is 0.379 e. The Labute approximate surface area is 176 Å². The predicted molar refractivity (Wildman–Crippen MR) is 118 cm³/mol. The number of nitrogens with one attached hydrogen (secondary N) is 3. The zero-order valence-corrected chi connectivity index (χ0v) is 18.9. The average molecular weight is 422 g/mol. The molecule has 168 valence electrons. The van der Waals surface area contributed by atoms with E-state index >= 15 is 0 Å². The topological polar surface area (TPSA) is 80.8 Å². The number of hydrogen-bond donors (Lipinski definition) is 3. The van der Waals surface area contributed by atoms with Gasteiger partial charge in [-0.25, -0.2) is 0 Å². The van der Waals surface area contributed by atoms with Gasteiger partial charge in [-0.3, -0.25) is 4.79 Å². The van der Waals surface area contributed by atoms with Crippen molar-refractivity contribution in [2.24, 2.45) is 0 Å². The van der Waals surface area contributed by atoms with Crippen LogP contribution in [-0.4, -0.2) is 90.8 Å². The van der Waals surface area contributed by atoms with Crippen molar-refractivity contribution >= 4 is 17.7 Å². The average Bonchev–Trinajstić information content (AvgIpc) is 2.70. The molecule has 0 saturated heterocycles. The van der Waals surface area contributed by atoms with E-state index in [0.29, 0.717) is 46.0 Å². The third-order valence-corrected chi connectivity index (χ3v) is 4.60. The minimum Gasteiger partial charge on any atom is -0.379 e. The fraction of sp³-hybridized carbons (Fsp3) is 0.950. The third kappa shape index (κ3) is 23.7. The molecule has 0 fully saturated rings. The molecule has 0 saturated carbocycles. The van der Waals surface area contributed by atoms with Crippen molar-refractivity contribution in [2.75, 3.05) is 84.9 Å². The molecule has 0 aromatic rings. The van der Waals surface area contributed by atoms with Crippen molar-refractivity contribution in [3.05, 3.63) is 0 Å². The molecular weight excluding hydrogens is 378 g/mol. The molecule has 3 N–H and O–H groups in total. The zero-order chi connectivity index (χ0) is 20.5. The SMILES string of the molecule is CNCCCCCNCCCOCCOCCOCCCNC(=O)CCSC. The molecule has 0 aromatic heterocycles. The summed E-state index contributed by atoms with van der Waals surface area (Å²) in [5, 5.41) is 9.50. The summed E-state index contributed by atoms with van der Waals surface area (Å²) in [6.07, 6.45) is 8.23. The van der Waals surface area contributed by atoms with Crippen LogP contribution in [0.25, 0.3) is 0 Å². The van der Waals surface area contributed by atoms with Gasteiger partial charge < -0.3 is 30.2 Å². The van der Waals surface area contributed by atoms with Crippen LogP contribution in [0.15, 0.2) is 0 Å². The molecule has 0 bridgehead atoms. The van der Waals surface area contributed by atoms with Gasteiger partial charge in [-0.2, -0.15) is 11.8 Å². The Bertz CT molecular complexity index is 326. The van der Waals surface area contributed by atoms with Crippen LogP contribution in [0.2, 0.25) is 0 Å². The molecule has 0 aromatic carbocycles. The number of ether oxygens (including phenoxy) is 3. The lowest BCUT2D eigenvalue weighted by molar-refractivity contribution is -0.120. The van der Waals surface area contributed by atoms with Gasteiger partial charge in [0.05, 0.1) is 26.4 Å². The van der Waals surface area contributed by atoms with E-state index in [1.54, 1.807) is 11.8 Å². The van der Waals surface area contributed by atoms with Crippen LogP contribution >= 0.6 is 11.8 Å². The molecule has 0 aliphatic heterocycles. The van der Waals surface area contributed by atoms with Gasteiger partial charge in [-0.05, 0) is 58.6 Å². The monoisotopic (exact) mass is 421 g/mol.